The summed E-state index contributed by atoms with van der Waals surface area (Å²) in [6.45, 7) is 2.35. The molecule has 0 bridgehead atoms. The van der Waals surface area contributed by atoms with E-state index in [-0.39, 0.29) is 16.4 Å². The van der Waals surface area contributed by atoms with Crippen LogP contribution in [0.25, 0.3) is 6.08 Å². The number of benzene rings is 2. The monoisotopic (exact) mass is 440 g/mol. The van der Waals surface area contributed by atoms with Crippen LogP contribution >= 0.6 is 12.2 Å². The van der Waals surface area contributed by atoms with Crippen LogP contribution in [0.5, 0.6) is 11.5 Å². The van der Waals surface area contributed by atoms with E-state index in [1.807, 2.05) is 6.92 Å². The molecule has 158 valence electrons. The second-order valence-corrected chi connectivity index (χ2v) is 6.48. The molecule has 1 aliphatic rings. The van der Waals surface area contributed by atoms with Crippen LogP contribution in [0.3, 0.4) is 0 Å². The minimum Gasteiger partial charge on any atom is -0.494 e. The molecule has 0 unspecified atom stereocenters. The van der Waals surface area contributed by atoms with Crippen LogP contribution in [0.4, 0.5) is 23.2 Å². The lowest BCUT2D eigenvalue weighted by Crippen LogP contribution is -2.33. The van der Waals surface area contributed by atoms with Gasteiger partial charge in [-0.3, -0.25) is 9.69 Å². The van der Waals surface area contributed by atoms with Gasteiger partial charge in [-0.05, 0) is 67.2 Å². The van der Waals surface area contributed by atoms with Gasteiger partial charge in [-0.25, -0.2) is 0 Å². The first-order valence-corrected chi connectivity index (χ1v) is 9.17. The molecular formula is C20H16F4N2O3S. The van der Waals surface area contributed by atoms with E-state index in [2.05, 4.69) is 10.1 Å². The number of anilines is 1. The third kappa shape index (κ3) is 4.70. The van der Waals surface area contributed by atoms with E-state index in [1.165, 1.54) is 23.1 Å². The van der Waals surface area contributed by atoms with Crippen molar-refractivity contribution in [1.82, 2.24) is 5.32 Å². The smallest absolute Gasteiger partial charge is 0.461 e. The molecule has 0 radical (unpaired) electrons. The molecule has 1 heterocycles. The van der Waals surface area contributed by atoms with E-state index < -0.39 is 24.2 Å². The van der Waals surface area contributed by atoms with Crippen LogP contribution in [0.2, 0.25) is 0 Å². The molecule has 30 heavy (non-hydrogen) atoms. The zero-order valence-electron chi connectivity index (χ0n) is 15.6. The highest BCUT2D eigenvalue weighted by Crippen LogP contribution is 2.29. The first-order chi connectivity index (χ1) is 14.2. The van der Waals surface area contributed by atoms with E-state index in [0.717, 1.165) is 12.1 Å². The van der Waals surface area contributed by atoms with Crippen molar-refractivity contribution >= 4 is 35.0 Å². The standard InChI is InChI=1S/C20H16F4N2O3S/c1-2-28-14-8-6-13(7-9-14)26-17(27)16(25-19(26)30)11-12-4-3-5-15(10-12)29-20(23,24)18(21)22/h3-11,18H,2H2,1H3,(H,25,30)/b16-11+. The Morgan fingerprint density at radius 1 is 1.17 bits per heavy atom. The molecule has 2 aromatic rings. The fourth-order valence-electron chi connectivity index (χ4n) is 2.66. The van der Waals surface area contributed by atoms with Gasteiger partial charge in [0.1, 0.15) is 17.2 Å². The predicted octanol–water partition coefficient (Wildman–Crippen LogP) is 4.58. The molecule has 0 atom stereocenters. The Labute approximate surface area is 174 Å². The Bertz CT molecular complexity index is 980. The van der Waals surface area contributed by atoms with Crippen molar-refractivity contribution in [3.05, 3.63) is 59.8 Å². The number of nitrogens with one attached hydrogen (secondary N) is 1. The fraction of sp³-hybridized carbons (Fsp3) is 0.200. The van der Waals surface area contributed by atoms with E-state index >= 15 is 0 Å². The van der Waals surface area contributed by atoms with Crippen LogP contribution in [0.1, 0.15) is 12.5 Å². The summed E-state index contributed by atoms with van der Waals surface area (Å²) in [4.78, 5) is 14.0. The summed E-state index contributed by atoms with van der Waals surface area (Å²) in [5.74, 6) is -0.292. The second-order valence-electron chi connectivity index (χ2n) is 6.09. The number of alkyl halides is 4. The number of hydrogen-bond acceptors (Lipinski definition) is 4. The second kappa shape index (κ2) is 8.70. The lowest BCUT2D eigenvalue weighted by atomic mass is 10.1. The maximum atomic E-state index is 13.1. The van der Waals surface area contributed by atoms with Gasteiger partial charge in [0.25, 0.3) is 5.91 Å². The summed E-state index contributed by atoms with van der Waals surface area (Å²) < 4.78 is 60.3. The average Bonchev–Trinajstić information content (AvgIpc) is 2.96. The lowest BCUT2D eigenvalue weighted by molar-refractivity contribution is -0.253. The van der Waals surface area contributed by atoms with Crippen molar-refractivity contribution < 1.29 is 31.8 Å². The summed E-state index contributed by atoms with van der Waals surface area (Å²) in [6, 6.07) is 11.8. The molecule has 10 heteroatoms. The minimum absolute atomic E-state index is 0.0895. The minimum atomic E-state index is -4.63. The lowest BCUT2D eigenvalue weighted by Gasteiger charge is -2.16. The number of carbonyl (C=O) groups excluding carboxylic acids is 1. The van der Waals surface area contributed by atoms with Crippen LogP contribution < -0.4 is 19.7 Å². The Morgan fingerprint density at radius 2 is 1.87 bits per heavy atom. The maximum absolute atomic E-state index is 13.1. The summed E-state index contributed by atoms with van der Waals surface area (Å²) in [5, 5.41) is 2.89. The molecule has 0 spiro atoms. The molecule has 1 amide bonds. The molecular weight excluding hydrogens is 424 g/mol. The SMILES string of the molecule is CCOc1ccc(N2C(=O)/C(=C\c3cccc(OC(F)(F)C(F)F)c3)NC2=S)cc1. The highest BCUT2D eigenvalue weighted by atomic mass is 32.1. The average molecular weight is 440 g/mol. The molecule has 1 aliphatic heterocycles. The molecule has 0 aliphatic carbocycles. The van der Waals surface area contributed by atoms with Crippen molar-refractivity contribution in [1.29, 1.82) is 0 Å². The molecule has 1 saturated heterocycles. The van der Waals surface area contributed by atoms with Crippen LogP contribution in [-0.4, -0.2) is 30.2 Å². The quantitative estimate of drug-likeness (QED) is 0.388. The Hall–Kier alpha value is -3.14. The van der Waals surface area contributed by atoms with Gasteiger partial charge in [-0.15, -0.1) is 0 Å². The van der Waals surface area contributed by atoms with Gasteiger partial charge in [-0.1, -0.05) is 12.1 Å². The number of rotatable bonds is 7. The van der Waals surface area contributed by atoms with Gasteiger partial charge in [0.15, 0.2) is 5.11 Å². The topological polar surface area (TPSA) is 50.8 Å². The summed E-state index contributed by atoms with van der Waals surface area (Å²) in [5.41, 5.74) is 0.884. The Kier molecular flexibility index (Phi) is 6.25. The maximum Gasteiger partial charge on any atom is 0.461 e. The molecule has 1 N–H and O–H groups in total. The van der Waals surface area contributed by atoms with E-state index in [4.69, 9.17) is 17.0 Å². The zero-order valence-corrected chi connectivity index (χ0v) is 16.4. The number of amides is 1. The predicted molar refractivity (Wildman–Crippen MR) is 107 cm³/mol. The van der Waals surface area contributed by atoms with Crippen molar-refractivity contribution in [2.75, 3.05) is 11.5 Å². The van der Waals surface area contributed by atoms with Crippen molar-refractivity contribution in [2.24, 2.45) is 0 Å². The number of carbonyl (C=O) groups is 1. The Balaban J connectivity index is 1.81. The number of halogens is 4. The van der Waals surface area contributed by atoms with E-state index in [9.17, 15) is 22.4 Å². The van der Waals surface area contributed by atoms with Crippen LogP contribution in [-0.2, 0) is 4.79 Å². The van der Waals surface area contributed by atoms with E-state index in [1.54, 1.807) is 24.3 Å². The first-order valence-electron chi connectivity index (χ1n) is 8.76. The van der Waals surface area contributed by atoms with Gasteiger partial charge in [0.05, 0.1) is 12.3 Å². The first kappa shape index (κ1) is 21.6. The fourth-order valence-corrected chi connectivity index (χ4v) is 2.96. The highest BCUT2D eigenvalue weighted by Gasteiger charge is 2.44. The molecule has 1 fully saturated rings. The molecule has 2 aromatic carbocycles. The normalized spacial score (nSPS) is 15.7. The molecule has 3 rings (SSSR count). The van der Waals surface area contributed by atoms with E-state index in [0.29, 0.717) is 18.0 Å². The third-order valence-electron chi connectivity index (χ3n) is 3.96. The highest BCUT2D eigenvalue weighted by molar-refractivity contribution is 7.80. The number of thiocarbonyl (C=S) groups is 1. The van der Waals surface area contributed by atoms with Gasteiger partial charge in [0.2, 0.25) is 0 Å². The van der Waals surface area contributed by atoms with Crippen LogP contribution in [0, 0.1) is 0 Å². The van der Waals surface area contributed by atoms with Crippen molar-refractivity contribution in [3.63, 3.8) is 0 Å². The summed E-state index contributed by atoms with van der Waals surface area (Å²) in [7, 11) is 0. The Morgan fingerprint density at radius 3 is 2.50 bits per heavy atom. The summed E-state index contributed by atoms with van der Waals surface area (Å²) in [6.07, 6.45) is -7.24. The number of hydrogen-bond donors (Lipinski definition) is 1. The third-order valence-corrected chi connectivity index (χ3v) is 4.25. The number of ether oxygens (including phenoxy) is 2. The van der Waals surface area contributed by atoms with Gasteiger partial charge >= 0.3 is 12.5 Å². The van der Waals surface area contributed by atoms with Gasteiger partial charge < -0.3 is 14.8 Å². The van der Waals surface area contributed by atoms with Crippen molar-refractivity contribution in [2.45, 2.75) is 19.5 Å². The summed E-state index contributed by atoms with van der Waals surface area (Å²) >= 11 is 5.22. The molecule has 5 nitrogen and oxygen atoms in total. The zero-order chi connectivity index (χ0) is 21.9. The van der Waals surface area contributed by atoms with Crippen molar-refractivity contribution in [3.8, 4) is 11.5 Å². The molecule has 0 saturated carbocycles. The van der Waals surface area contributed by atoms with Gasteiger partial charge in [0, 0.05) is 0 Å². The molecule has 0 aromatic heterocycles. The van der Waals surface area contributed by atoms with Crippen LogP contribution in [0.15, 0.2) is 54.2 Å². The van der Waals surface area contributed by atoms with Gasteiger partial charge in [-0.2, -0.15) is 17.6 Å². The largest absolute Gasteiger partial charge is 0.494 e. The number of nitrogens with zero attached hydrogens (tertiary/aromatic N) is 1.